The lowest BCUT2D eigenvalue weighted by atomic mass is 9.73. The van der Waals surface area contributed by atoms with Gasteiger partial charge in [-0.25, -0.2) is 0 Å². The molecule has 2 unspecified atom stereocenters. The van der Waals surface area contributed by atoms with Crippen LogP contribution in [0.1, 0.15) is 52.9 Å². The van der Waals surface area contributed by atoms with Gasteiger partial charge in [0, 0.05) is 35.0 Å². The molecule has 178 valence electrons. The highest BCUT2D eigenvalue weighted by atomic mass is 32.2. The Morgan fingerprint density at radius 3 is 2.18 bits per heavy atom. The average molecular weight is 476 g/mol. The number of morpholine rings is 1. The molecule has 2 atom stereocenters. The fourth-order valence-corrected chi connectivity index (χ4v) is 5.40. The second kappa shape index (κ2) is 10.9. The molecule has 0 radical (unpaired) electrons. The van der Waals surface area contributed by atoms with Crippen LogP contribution in [0.3, 0.4) is 0 Å². The van der Waals surface area contributed by atoms with Gasteiger partial charge in [0.15, 0.2) is 5.78 Å². The fourth-order valence-electron chi connectivity index (χ4n) is 4.99. The lowest BCUT2D eigenvalue weighted by molar-refractivity contribution is -0.0155. The molecule has 3 aromatic carbocycles. The number of nitrogens with zero attached hydrogens (tertiary/aromatic N) is 1. The van der Waals surface area contributed by atoms with E-state index >= 15 is 0 Å². The maximum atomic E-state index is 13.6. The lowest BCUT2D eigenvalue weighted by Crippen LogP contribution is -2.53. The van der Waals surface area contributed by atoms with E-state index in [9.17, 15) is 9.90 Å². The molecule has 3 aromatic rings. The monoisotopic (exact) mass is 475 g/mol. The van der Waals surface area contributed by atoms with Crippen molar-refractivity contribution in [1.82, 2.24) is 4.90 Å². The van der Waals surface area contributed by atoms with E-state index in [1.165, 1.54) is 4.90 Å². The predicted molar refractivity (Wildman–Crippen MR) is 139 cm³/mol. The molecule has 0 bridgehead atoms. The van der Waals surface area contributed by atoms with Crippen molar-refractivity contribution in [2.24, 2.45) is 0 Å². The van der Waals surface area contributed by atoms with Crippen molar-refractivity contribution in [2.45, 2.75) is 36.3 Å². The van der Waals surface area contributed by atoms with Gasteiger partial charge in [0.25, 0.3) is 0 Å². The molecular weight excluding hydrogens is 442 g/mol. The Labute approximate surface area is 207 Å². The highest BCUT2D eigenvalue weighted by Crippen LogP contribution is 2.41. The minimum absolute atomic E-state index is 0.0652. The fraction of sp³-hybridized carbons (Fsp3) is 0.345. The van der Waals surface area contributed by atoms with Crippen molar-refractivity contribution < 1.29 is 14.6 Å². The summed E-state index contributed by atoms with van der Waals surface area (Å²) in [5, 5.41) is 11.0. The molecule has 1 aliphatic rings. The normalized spacial score (nSPS) is 16.7. The molecule has 0 aliphatic carbocycles. The van der Waals surface area contributed by atoms with Crippen LogP contribution in [0.2, 0.25) is 0 Å². The van der Waals surface area contributed by atoms with Crippen molar-refractivity contribution in [3.05, 3.63) is 101 Å². The van der Waals surface area contributed by atoms with Gasteiger partial charge < -0.3 is 9.84 Å². The Morgan fingerprint density at radius 2 is 1.53 bits per heavy atom. The molecule has 5 heteroatoms. The topological polar surface area (TPSA) is 49.8 Å². The molecule has 0 saturated carbocycles. The van der Waals surface area contributed by atoms with Crippen LogP contribution in [0.25, 0.3) is 0 Å². The van der Waals surface area contributed by atoms with Gasteiger partial charge in [-0.3, -0.25) is 9.69 Å². The Kier molecular flexibility index (Phi) is 7.89. The number of ketones is 1. The summed E-state index contributed by atoms with van der Waals surface area (Å²) in [5.74, 6) is -0.338. The molecule has 0 aromatic heterocycles. The second-order valence-corrected chi connectivity index (χ2v) is 10.1. The Hall–Kier alpha value is -2.44. The number of carbonyl (C=O) groups is 1. The molecule has 1 N–H and O–H groups in total. The number of hydrogen-bond donors (Lipinski definition) is 1. The minimum Gasteiger partial charge on any atom is -0.380 e. The maximum Gasteiger partial charge on any atom is 0.196 e. The van der Waals surface area contributed by atoms with Gasteiger partial charge in [0.1, 0.15) is 6.10 Å². The number of thioether (sulfide) groups is 1. The third-order valence-electron chi connectivity index (χ3n) is 6.88. The van der Waals surface area contributed by atoms with Gasteiger partial charge in [-0.1, -0.05) is 66.7 Å². The van der Waals surface area contributed by atoms with Crippen LogP contribution in [0, 0.1) is 0 Å². The van der Waals surface area contributed by atoms with E-state index in [2.05, 4.69) is 49.3 Å². The molecule has 0 amide bonds. The third kappa shape index (κ3) is 5.13. The first kappa shape index (κ1) is 24.7. The zero-order chi connectivity index (χ0) is 24.1. The summed E-state index contributed by atoms with van der Waals surface area (Å²) in [7, 11) is 0. The van der Waals surface area contributed by atoms with Crippen LogP contribution in [-0.2, 0) is 4.74 Å². The summed E-state index contributed by atoms with van der Waals surface area (Å²) in [5.41, 5.74) is 2.99. The van der Waals surface area contributed by atoms with Gasteiger partial charge in [-0.15, -0.1) is 11.8 Å². The number of aliphatic hydroxyl groups is 1. The van der Waals surface area contributed by atoms with Gasteiger partial charge in [0.2, 0.25) is 0 Å². The maximum absolute atomic E-state index is 13.6. The van der Waals surface area contributed by atoms with Gasteiger partial charge in [0.05, 0.1) is 13.2 Å². The van der Waals surface area contributed by atoms with Crippen molar-refractivity contribution in [3.8, 4) is 0 Å². The van der Waals surface area contributed by atoms with E-state index < -0.39 is 6.10 Å². The van der Waals surface area contributed by atoms with Crippen LogP contribution in [-0.4, -0.2) is 53.9 Å². The largest absolute Gasteiger partial charge is 0.380 e. The van der Waals surface area contributed by atoms with Crippen LogP contribution in [0.4, 0.5) is 0 Å². The van der Waals surface area contributed by atoms with E-state index in [0.717, 1.165) is 24.2 Å². The first-order chi connectivity index (χ1) is 16.4. The summed E-state index contributed by atoms with van der Waals surface area (Å²) in [4.78, 5) is 17.3. The summed E-state index contributed by atoms with van der Waals surface area (Å²) in [6, 6.07) is 25.5. The smallest absolute Gasteiger partial charge is 0.196 e. The number of Topliss-reactive ketones (excluding diaryl/α,β-unsaturated/α-hetero) is 1. The summed E-state index contributed by atoms with van der Waals surface area (Å²) < 4.78 is 5.63. The molecule has 1 saturated heterocycles. The van der Waals surface area contributed by atoms with Gasteiger partial charge in [-0.05, 0) is 48.9 Å². The number of carbonyl (C=O) groups excluding carboxylic acids is 1. The zero-order valence-corrected chi connectivity index (χ0v) is 20.9. The first-order valence-electron chi connectivity index (χ1n) is 11.8. The van der Waals surface area contributed by atoms with E-state index in [1.54, 1.807) is 23.9 Å². The lowest BCUT2D eigenvalue weighted by Gasteiger charge is -2.46. The van der Waals surface area contributed by atoms with Crippen LogP contribution in [0.5, 0.6) is 0 Å². The first-order valence-corrected chi connectivity index (χ1v) is 13.0. The second-order valence-electron chi connectivity index (χ2n) is 9.22. The number of benzene rings is 3. The quantitative estimate of drug-likeness (QED) is 0.341. The Bertz CT molecular complexity index is 1090. The van der Waals surface area contributed by atoms with Crippen molar-refractivity contribution in [1.29, 1.82) is 0 Å². The van der Waals surface area contributed by atoms with Crippen LogP contribution < -0.4 is 0 Å². The number of aliphatic hydroxyl groups excluding tert-OH is 1. The standard InChI is InChI=1S/C29H33NO3S/c1-29(2,30-17-19-33-20-18-30)26(21-13-15-23(34-3)16-14-21)24-11-7-8-12-25(24)28(32)27(31)22-9-5-4-6-10-22/h4-16,26-27,31H,17-20H2,1-3H3. The van der Waals surface area contributed by atoms with Crippen molar-refractivity contribution in [2.75, 3.05) is 32.6 Å². The molecule has 0 spiro atoms. The zero-order valence-electron chi connectivity index (χ0n) is 20.1. The number of rotatable bonds is 8. The molecular formula is C29H33NO3S. The van der Waals surface area contributed by atoms with E-state index in [1.807, 2.05) is 42.5 Å². The Balaban J connectivity index is 1.81. The highest BCUT2D eigenvalue weighted by molar-refractivity contribution is 7.98. The SMILES string of the molecule is CSc1ccc(C(c2ccccc2C(=O)C(O)c2ccccc2)C(C)(C)N2CCOCC2)cc1. The van der Waals surface area contributed by atoms with Crippen LogP contribution in [0.15, 0.2) is 83.8 Å². The molecule has 4 rings (SSSR count). The summed E-state index contributed by atoms with van der Waals surface area (Å²) in [6.07, 6.45) is 0.872. The molecule has 34 heavy (non-hydrogen) atoms. The minimum atomic E-state index is -1.20. The van der Waals surface area contributed by atoms with E-state index in [-0.39, 0.29) is 17.2 Å². The predicted octanol–water partition coefficient (Wildman–Crippen LogP) is 5.57. The molecule has 4 nitrogen and oxygen atoms in total. The van der Waals surface area contributed by atoms with Crippen molar-refractivity contribution >= 4 is 17.5 Å². The molecule has 1 aliphatic heterocycles. The van der Waals surface area contributed by atoms with Gasteiger partial charge in [-0.2, -0.15) is 0 Å². The number of ether oxygens (including phenoxy) is 1. The van der Waals surface area contributed by atoms with Crippen molar-refractivity contribution in [3.63, 3.8) is 0 Å². The highest BCUT2D eigenvalue weighted by Gasteiger charge is 2.40. The number of hydrogen-bond acceptors (Lipinski definition) is 5. The van der Waals surface area contributed by atoms with E-state index in [4.69, 9.17) is 4.74 Å². The average Bonchev–Trinajstić information content (AvgIpc) is 2.89. The molecule has 1 fully saturated rings. The summed E-state index contributed by atoms with van der Waals surface area (Å²) in [6.45, 7) is 7.59. The third-order valence-corrected chi connectivity index (χ3v) is 7.63. The van der Waals surface area contributed by atoms with Gasteiger partial charge >= 0.3 is 0 Å². The Morgan fingerprint density at radius 1 is 0.912 bits per heavy atom. The summed E-state index contributed by atoms with van der Waals surface area (Å²) >= 11 is 1.72. The van der Waals surface area contributed by atoms with E-state index in [0.29, 0.717) is 24.3 Å². The van der Waals surface area contributed by atoms with Crippen LogP contribution >= 0.6 is 11.8 Å². The molecule has 1 heterocycles.